The largest absolute Gasteiger partial charge is 0.496 e. The highest BCUT2D eigenvalue weighted by molar-refractivity contribution is 6.30. The van der Waals surface area contributed by atoms with Gasteiger partial charge in [-0.25, -0.2) is 0 Å². The van der Waals surface area contributed by atoms with Crippen LogP contribution in [0.15, 0.2) is 52.9 Å². The van der Waals surface area contributed by atoms with Gasteiger partial charge in [0.2, 0.25) is 0 Å². The first-order valence-electron chi connectivity index (χ1n) is 7.91. The van der Waals surface area contributed by atoms with E-state index in [0.29, 0.717) is 28.0 Å². The van der Waals surface area contributed by atoms with Crippen molar-refractivity contribution in [1.29, 1.82) is 0 Å². The average molecular weight is 372 g/mol. The molecule has 3 aromatic rings. The summed E-state index contributed by atoms with van der Waals surface area (Å²) < 4.78 is 16.3. The van der Waals surface area contributed by atoms with Crippen LogP contribution in [-0.4, -0.2) is 20.1 Å². The second-order valence-corrected chi connectivity index (χ2v) is 6.07. The van der Waals surface area contributed by atoms with Crippen molar-refractivity contribution in [1.82, 2.24) is 0 Å². The molecule has 1 amide bonds. The molecule has 0 unspecified atom stereocenters. The SMILES string of the molecule is COc1cc(NC(=O)c2ccc(-c3ccc(Cl)cc3)o2)cc(OC)c1C. The molecule has 3 rings (SSSR count). The lowest BCUT2D eigenvalue weighted by atomic mass is 10.1. The van der Waals surface area contributed by atoms with Gasteiger partial charge in [0.05, 0.1) is 14.2 Å². The van der Waals surface area contributed by atoms with Gasteiger partial charge in [0.1, 0.15) is 17.3 Å². The van der Waals surface area contributed by atoms with Crippen molar-refractivity contribution in [2.75, 3.05) is 19.5 Å². The summed E-state index contributed by atoms with van der Waals surface area (Å²) >= 11 is 5.89. The van der Waals surface area contributed by atoms with E-state index in [-0.39, 0.29) is 11.7 Å². The van der Waals surface area contributed by atoms with E-state index in [1.807, 2.05) is 19.1 Å². The molecular formula is C20H18ClNO4. The number of amides is 1. The van der Waals surface area contributed by atoms with E-state index >= 15 is 0 Å². The minimum atomic E-state index is -0.363. The molecule has 0 bridgehead atoms. The van der Waals surface area contributed by atoms with Crippen LogP contribution in [0, 0.1) is 6.92 Å². The third kappa shape index (κ3) is 3.68. The molecule has 0 fully saturated rings. The van der Waals surface area contributed by atoms with E-state index < -0.39 is 0 Å². The monoisotopic (exact) mass is 371 g/mol. The maximum absolute atomic E-state index is 12.5. The quantitative estimate of drug-likeness (QED) is 0.671. The first kappa shape index (κ1) is 17.9. The number of ether oxygens (including phenoxy) is 2. The van der Waals surface area contributed by atoms with E-state index in [4.69, 9.17) is 25.5 Å². The predicted molar refractivity (Wildman–Crippen MR) is 101 cm³/mol. The Balaban J connectivity index is 1.82. The van der Waals surface area contributed by atoms with E-state index in [2.05, 4.69) is 5.32 Å². The molecule has 0 radical (unpaired) electrons. The zero-order valence-electron chi connectivity index (χ0n) is 14.6. The summed E-state index contributed by atoms with van der Waals surface area (Å²) in [6.07, 6.45) is 0. The summed E-state index contributed by atoms with van der Waals surface area (Å²) in [5, 5.41) is 3.43. The highest BCUT2D eigenvalue weighted by atomic mass is 35.5. The van der Waals surface area contributed by atoms with Crippen LogP contribution in [0.4, 0.5) is 5.69 Å². The number of halogens is 1. The van der Waals surface area contributed by atoms with Crippen LogP contribution < -0.4 is 14.8 Å². The lowest BCUT2D eigenvalue weighted by Gasteiger charge is -2.12. The maximum Gasteiger partial charge on any atom is 0.291 e. The lowest BCUT2D eigenvalue weighted by molar-refractivity contribution is 0.0997. The molecule has 26 heavy (non-hydrogen) atoms. The normalized spacial score (nSPS) is 10.5. The van der Waals surface area contributed by atoms with Crippen LogP contribution in [0.5, 0.6) is 11.5 Å². The van der Waals surface area contributed by atoms with Crippen LogP contribution in [0.2, 0.25) is 5.02 Å². The number of furan rings is 1. The van der Waals surface area contributed by atoms with Gasteiger partial charge in [-0.3, -0.25) is 4.79 Å². The maximum atomic E-state index is 12.5. The number of rotatable bonds is 5. The van der Waals surface area contributed by atoms with Crippen molar-refractivity contribution in [2.24, 2.45) is 0 Å². The summed E-state index contributed by atoms with van der Waals surface area (Å²) in [5.74, 6) is 1.68. The van der Waals surface area contributed by atoms with Crippen LogP contribution in [-0.2, 0) is 0 Å². The molecule has 0 spiro atoms. The van der Waals surface area contributed by atoms with Gasteiger partial charge in [-0.15, -0.1) is 0 Å². The number of benzene rings is 2. The first-order valence-corrected chi connectivity index (χ1v) is 8.29. The van der Waals surface area contributed by atoms with Crippen LogP contribution in [0.25, 0.3) is 11.3 Å². The number of carbonyl (C=O) groups is 1. The van der Waals surface area contributed by atoms with Gasteiger partial charge >= 0.3 is 0 Å². The molecule has 1 N–H and O–H groups in total. The molecule has 5 nitrogen and oxygen atoms in total. The highest BCUT2D eigenvalue weighted by Crippen LogP contribution is 2.32. The molecule has 0 aliphatic heterocycles. The Labute approximate surface area is 156 Å². The van der Waals surface area contributed by atoms with Crippen LogP contribution >= 0.6 is 11.6 Å². The number of methoxy groups -OCH3 is 2. The smallest absolute Gasteiger partial charge is 0.291 e. The van der Waals surface area contributed by atoms with Gasteiger partial charge < -0.3 is 19.2 Å². The second-order valence-electron chi connectivity index (χ2n) is 5.63. The van der Waals surface area contributed by atoms with Gasteiger partial charge in [0, 0.05) is 34.0 Å². The number of carbonyl (C=O) groups excluding carboxylic acids is 1. The molecule has 0 aliphatic carbocycles. The minimum absolute atomic E-state index is 0.202. The van der Waals surface area contributed by atoms with Gasteiger partial charge in [-0.2, -0.15) is 0 Å². The zero-order chi connectivity index (χ0) is 18.7. The number of hydrogen-bond acceptors (Lipinski definition) is 4. The Kier molecular flexibility index (Phi) is 5.19. The van der Waals surface area contributed by atoms with E-state index in [0.717, 1.165) is 11.1 Å². The first-order chi connectivity index (χ1) is 12.5. The third-order valence-electron chi connectivity index (χ3n) is 3.97. The molecule has 1 heterocycles. The molecule has 134 valence electrons. The van der Waals surface area contributed by atoms with Gasteiger partial charge in [-0.1, -0.05) is 11.6 Å². The third-order valence-corrected chi connectivity index (χ3v) is 4.22. The molecule has 6 heteroatoms. The van der Waals surface area contributed by atoms with Crippen LogP contribution in [0.1, 0.15) is 16.1 Å². The van der Waals surface area contributed by atoms with Crippen molar-refractivity contribution in [3.63, 3.8) is 0 Å². The van der Waals surface area contributed by atoms with E-state index in [9.17, 15) is 4.79 Å². The summed E-state index contributed by atoms with van der Waals surface area (Å²) in [6, 6.07) is 14.0. The molecule has 0 saturated heterocycles. The molecule has 0 saturated carbocycles. The van der Waals surface area contributed by atoms with Crippen molar-refractivity contribution in [3.8, 4) is 22.8 Å². The van der Waals surface area contributed by atoms with Crippen LogP contribution in [0.3, 0.4) is 0 Å². The van der Waals surface area contributed by atoms with Crippen molar-refractivity contribution in [2.45, 2.75) is 6.92 Å². The summed E-state index contributed by atoms with van der Waals surface area (Å²) in [6.45, 7) is 1.88. The lowest BCUT2D eigenvalue weighted by Crippen LogP contribution is -2.11. The minimum Gasteiger partial charge on any atom is -0.496 e. The van der Waals surface area contributed by atoms with Gasteiger partial charge in [-0.05, 0) is 43.3 Å². The van der Waals surface area contributed by atoms with Gasteiger partial charge in [0.25, 0.3) is 5.91 Å². The topological polar surface area (TPSA) is 60.7 Å². The predicted octanol–water partition coefficient (Wildman–Crippen LogP) is 5.18. The van der Waals surface area contributed by atoms with E-state index in [1.54, 1.807) is 50.6 Å². The second kappa shape index (κ2) is 7.54. The molecule has 0 aliphatic rings. The van der Waals surface area contributed by atoms with E-state index in [1.165, 1.54) is 0 Å². The Morgan fingerprint density at radius 2 is 1.62 bits per heavy atom. The Bertz CT molecular complexity index is 906. The Morgan fingerprint density at radius 3 is 2.19 bits per heavy atom. The summed E-state index contributed by atoms with van der Waals surface area (Å²) in [4.78, 5) is 12.5. The summed E-state index contributed by atoms with van der Waals surface area (Å²) in [5.41, 5.74) is 2.25. The fourth-order valence-electron chi connectivity index (χ4n) is 2.58. The summed E-state index contributed by atoms with van der Waals surface area (Å²) in [7, 11) is 3.14. The van der Waals surface area contributed by atoms with Gasteiger partial charge in [0.15, 0.2) is 5.76 Å². The number of anilines is 1. The fraction of sp³-hybridized carbons (Fsp3) is 0.150. The Hall–Kier alpha value is -2.92. The fourth-order valence-corrected chi connectivity index (χ4v) is 2.71. The zero-order valence-corrected chi connectivity index (χ0v) is 15.4. The molecule has 0 atom stereocenters. The standard InChI is InChI=1S/C20H18ClNO4/c1-12-18(24-2)10-15(11-19(12)25-3)22-20(23)17-9-8-16(26-17)13-4-6-14(21)7-5-13/h4-11H,1-3H3,(H,22,23). The van der Waals surface area contributed by atoms with Crippen molar-refractivity contribution < 1.29 is 18.7 Å². The molecule has 1 aromatic heterocycles. The molecule has 2 aromatic carbocycles. The van der Waals surface area contributed by atoms with Crippen molar-refractivity contribution in [3.05, 3.63) is 64.9 Å². The van der Waals surface area contributed by atoms with Crippen molar-refractivity contribution >= 4 is 23.2 Å². The number of nitrogens with one attached hydrogen (secondary N) is 1. The number of hydrogen-bond donors (Lipinski definition) is 1. The Morgan fingerprint density at radius 1 is 1.00 bits per heavy atom. The molecular weight excluding hydrogens is 354 g/mol. The average Bonchev–Trinajstić information content (AvgIpc) is 3.13. The highest BCUT2D eigenvalue weighted by Gasteiger charge is 2.15.